The standard InChI is InChI=1S/C20H28N4OS/c1-23-18-9-8-15(24-10-4-2-3-5-11-24)13-17(18)19(22-23)20(25)21-14-16-7-6-12-26-16/h6-7,12,15H,2-5,8-11,13-14H2,1H3,(H,21,25)/t15-/m0/s1. The van der Waals surface area contributed by atoms with Gasteiger partial charge in [-0.1, -0.05) is 18.9 Å². The lowest BCUT2D eigenvalue weighted by atomic mass is 9.90. The molecule has 2 aromatic rings. The summed E-state index contributed by atoms with van der Waals surface area (Å²) in [6, 6.07) is 4.63. The van der Waals surface area contributed by atoms with Crippen molar-refractivity contribution in [2.75, 3.05) is 13.1 Å². The summed E-state index contributed by atoms with van der Waals surface area (Å²) in [5.41, 5.74) is 3.06. The summed E-state index contributed by atoms with van der Waals surface area (Å²) in [6.07, 6.45) is 8.51. The predicted octanol–water partition coefficient (Wildman–Crippen LogP) is 3.14. The van der Waals surface area contributed by atoms with Gasteiger partial charge in [0.15, 0.2) is 5.69 Å². The molecule has 0 saturated carbocycles. The second-order valence-corrected chi connectivity index (χ2v) is 8.54. The van der Waals surface area contributed by atoms with Crippen molar-refractivity contribution in [2.45, 2.75) is 57.5 Å². The van der Waals surface area contributed by atoms with Crippen molar-refractivity contribution < 1.29 is 4.79 Å². The Morgan fingerprint density at radius 1 is 1.31 bits per heavy atom. The summed E-state index contributed by atoms with van der Waals surface area (Å²) < 4.78 is 1.92. The normalized spacial score (nSPS) is 21.2. The van der Waals surface area contributed by atoms with Crippen LogP contribution in [-0.2, 0) is 26.4 Å². The Hall–Kier alpha value is -1.66. The molecule has 3 heterocycles. The second kappa shape index (κ2) is 7.92. The third-order valence-corrected chi connectivity index (χ3v) is 6.68. The van der Waals surface area contributed by atoms with E-state index in [1.165, 1.54) is 61.3 Å². The van der Waals surface area contributed by atoms with Gasteiger partial charge in [-0.25, -0.2) is 0 Å². The van der Waals surface area contributed by atoms with Crippen molar-refractivity contribution in [3.05, 3.63) is 39.3 Å². The number of amides is 1. The molecule has 2 aliphatic rings. The highest BCUT2D eigenvalue weighted by Crippen LogP contribution is 2.28. The average molecular weight is 373 g/mol. The van der Waals surface area contributed by atoms with Crippen molar-refractivity contribution in [2.24, 2.45) is 7.05 Å². The molecular weight excluding hydrogens is 344 g/mol. The summed E-state index contributed by atoms with van der Waals surface area (Å²) in [7, 11) is 1.97. The van der Waals surface area contributed by atoms with Crippen LogP contribution in [-0.4, -0.2) is 39.7 Å². The van der Waals surface area contributed by atoms with Gasteiger partial charge < -0.3 is 10.2 Å². The summed E-state index contributed by atoms with van der Waals surface area (Å²) in [4.78, 5) is 16.6. The first-order valence-electron chi connectivity index (χ1n) is 9.82. The van der Waals surface area contributed by atoms with Crippen LogP contribution < -0.4 is 5.32 Å². The molecule has 0 bridgehead atoms. The molecule has 6 heteroatoms. The molecule has 0 unspecified atom stereocenters. The monoisotopic (exact) mass is 372 g/mol. The predicted molar refractivity (Wildman–Crippen MR) is 105 cm³/mol. The topological polar surface area (TPSA) is 50.2 Å². The van der Waals surface area contributed by atoms with Crippen molar-refractivity contribution in [3.63, 3.8) is 0 Å². The molecule has 0 spiro atoms. The first-order chi connectivity index (χ1) is 12.7. The Labute approximate surface area is 159 Å². The highest BCUT2D eigenvalue weighted by molar-refractivity contribution is 7.09. The van der Waals surface area contributed by atoms with E-state index in [0.717, 1.165) is 12.8 Å². The molecule has 4 rings (SSSR count). The highest BCUT2D eigenvalue weighted by Gasteiger charge is 2.31. The second-order valence-electron chi connectivity index (χ2n) is 7.51. The van der Waals surface area contributed by atoms with E-state index >= 15 is 0 Å². The summed E-state index contributed by atoms with van der Waals surface area (Å²) in [5, 5.41) is 9.67. The summed E-state index contributed by atoms with van der Waals surface area (Å²) >= 11 is 1.67. The Balaban J connectivity index is 1.48. The van der Waals surface area contributed by atoms with Crippen molar-refractivity contribution >= 4 is 17.2 Å². The quantitative estimate of drug-likeness (QED) is 0.897. The smallest absolute Gasteiger partial charge is 0.272 e. The van der Waals surface area contributed by atoms with Crippen LogP contribution in [0, 0.1) is 0 Å². The van der Waals surface area contributed by atoms with E-state index in [1.54, 1.807) is 11.3 Å². The number of nitrogens with zero attached hydrogens (tertiary/aromatic N) is 3. The fourth-order valence-electron chi connectivity index (χ4n) is 4.39. The lowest BCUT2D eigenvalue weighted by molar-refractivity contribution is 0.0943. The van der Waals surface area contributed by atoms with Crippen molar-refractivity contribution in [1.29, 1.82) is 0 Å². The molecule has 1 fully saturated rings. The van der Waals surface area contributed by atoms with Crippen molar-refractivity contribution in [3.8, 4) is 0 Å². The number of fused-ring (bicyclic) bond motifs is 1. The third kappa shape index (κ3) is 3.71. The van der Waals surface area contributed by atoms with Crippen LogP contribution in [0.1, 0.15) is 58.7 Å². The largest absolute Gasteiger partial charge is 0.346 e. The number of carbonyl (C=O) groups excluding carboxylic acids is 1. The van der Waals surface area contributed by atoms with Gasteiger partial charge in [0.25, 0.3) is 5.91 Å². The maximum absolute atomic E-state index is 12.8. The van der Waals surface area contributed by atoms with Gasteiger partial charge >= 0.3 is 0 Å². The molecule has 1 atom stereocenters. The molecule has 0 aromatic carbocycles. The number of aryl methyl sites for hydroxylation is 1. The lowest BCUT2D eigenvalue weighted by Gasteiger charge is -2.33. The van der Waals surface area contributed by atoms with Gasteiger partial charge in [-0.2, -0.15) is 5.10 Å². The summed E-state index contributed by atoms with van der Waals surface area (Å²) in [6.45, 7) is 3.00. The molecule has 1 saturated heterocycles. The Morgan fingerprint density at radius 3 is 2.85 bits per heavy atom. The zero-order valence-electron chi connectivity index (χ0n) is 15.5. The summed E-state index contributed by atoms with van der Waals surface area (Å²) in [5.74, 6) is -0.0354. The molecule has 1 amide bonds. The number of hydrogen-bond donors (Lipinski definition) is 1. The van der Waals surface area contributed by atoms with E-state index in [4.69, 9.17) is 0 Å². The van der Waals surface area contributed by atoms with E-state index < -0.39 is 0 Å². The van der Waals surface area contributed by atoms with Gasteiger partial charge in [0.1, 0.15) is 0 Å². The minimum Gasteiger partial charge on any atom is -0.346 e. The Bertz CT molecular complexity index is 744. The lowest BCUT2D eigenvalue weighted by Crippen LogP contribution is -2.40. The first kappa shape index (κ1) is 17.7. The molecule has 2 aromatic heterocycles. The van der Waals surface area contributed by atoms with E-state index in [-0.39, 0.29) is 5.91 Å². The highest BCUT2D eigenvalue weighted by atomic mass is 32.1. The maximum atomic E-state index is 12.8. The molecule has 5 nitrogen and oxygen atoms in total. The van der Waals surface area contributed by atoms with E-state index in [1.807, 2.05) is 29.2 Å². The first-order valence-corrected chi connectivity index (χ1v) is 10.7. The maximum Gasteiger partial charge on any atom is 0.272 e. The molecule has 1 aliphatic carbocycles. The van der Waals surface area contributed by atoms with Gasteiger partial charge in [0.05, 0.1) is 6.54 Å². The molecular formula is C20H28N4OS. The van der Waals surface area contributed by atoms with Crippen LogP contribution in [0.15, 0.2) is 17.5 Å². The van der Waals surface area contributed by atoms with Crippen LogP contribution in [0.4, 0.5) is 0 Å². The molecule has 1 N–H and O–H groups in total. The zero-order chi connectivity index (χ0) is 17.9. The van der Waals surface area contributed by atoms with Crippen LogP contribution in [0.5, 0.6) is 0 Å². The number of likely N-dealkylation sites (tertiary alicyclic amines) is 1. The third-order valence-electron chi connectivity index (χ3n) is 5.80. The van der Waals surface area contributed by atoms with E-state index in [2.05, 4.69) is 15.3 Å². The number of carbonyl (C=O) groups is 1. The van der Waals surface area contributed by atoms with Crippen LogP contribution >= 0.6 is 11.3 Å². The van der Waals surface area contributed by atoms with Gasteiger partial charge in [-0.15, -0.1) is 11.3 Å². The minimum absolute atomic E-state index is 0.0354. The molecule has 26 heavy (non-hydrogen) atoms. The van der Waals surface area contributed by atoms with Gasteiger partial charge in [-0.05, 0) is 56.6 Å². The number of thiophene rings is 1. The van der Waals surface area contributed by atoms with Crippen molar-refractivity contribution in [1.82, 2.24) is 20.0 Å². The van der Waals surface area contributed by atoms with Gasteiger partial charge in [0, 0.05) is 29.2 Å². The number of hydrogen-bond acceptors (Lipinski definition) is 4. The van der Waals surface area contributed by atoms with E-state index in [0.29, 0.717) is 18.3 Å². The van der Waals surface area contributed by atoms with Gasteiger partial charge in [-0.3, -0.25) is 9.48 Å². The van der Waals surface area contributed by atoms with Crippen LogP contribution in [0.25, 0.3) is 0 Å². The fraction of sp³-hybridized carbons (Fsp3) is 0.600. The van der Waals surface area contributed by atoms with Crippen LogP contribution in [0.3, 0.4) is 0 Å². The van der Waals surface area contributed by atoms with Crippen LogP contribution in [0.2, 0.25) is 0 Å². The Morgan fingerprint density at radius 2 is 2.12 bits per heavy atom. The Kier molecular flexibility index (Phi) is 5.41. The number of nitrogens with one attached hydrogen (secondary N) is 1. The number of rotatable bonds is 4. The zero-order valence-corrected chi connectivity index (χ0v) is 16.4. The molecule has 1 aliphatic heterocycles. The molecule has 140 valence electrons. The molecule has 0 radical (unpaired) electrons. The minimum atomic E-state index is -0.0354. The number of aromatic nitrogens is 2. The fourth-order valence-corrected chi connectivity index (χ4v) is 5.03. The SMILES string of the molecule is Cn1nc(C(=O)NCc2cccs2)c2c1CC[C@H](N1CCCCCC1)C2. The van der Waals surface area contributed by atoms with E-state index in [9.17, 15) is 4.79 Å². The average Bonchev–Trinajstić information content (AvgIpc) is 3.19. The van der Waals surface area contributed by atoms with Gasteiger partial charge in [0.2, 0.25) is 0 Å².